The van der Waals surface area contributed by atoms with Gasteiger partial charge in [-0.25, -0.2) is 14.2 Å². The van der Waals surface area contributed by atoms with E-state index < -0.39 is 17.0 Å². The van der Waals surface area contributed by atoms with Crippen molar-refractivity contribution in [2.75, 3.05) is 20.8 Å². The number of H-pyrrole nitrogens is 1. The molecule has 0 amide bonds. The Bertz CT molecular complexity index is 1380. The van der Waals surface area contributed by atoms with Crippen molar-refractivity contribution in [1.82, 2.24) is 19.7 Å². The Balaban J connectivity index is 1.83. The zero-order valence-corrected chi connectivity index (χ0v) is 19.6. The molecule has 1 aliphatic carbocycles. The molecule has 0 bridgehead atoms. The average molecular weight is 467 g/mol. The number of aromatic amines is 1. The quantitative estimate of drug-likeness (QED) is 0.421. The highest BCUT2D eigenvalue weighted by Crippen LogP contribution is 2.52. The summed E-state index contributed by atoms with van der Waals surface area (Å²) in [6.07, 6.45) is 2.38. The number of rotatable bonds is 7. The minimum atomic E-state index is -1.21. The predicted octanol–water partition coefficient (Wildman–Crippen LogP) is 4.31. The van der Waals surface area contributed by atoms with Crippen LogP contribution >= 0.6 is 0 Å². The van der Waals surface area contributed by atoms with Gasteiger partial charge in [0.25, 0.3) is 0 Å². The summed E-state index contributed by atoms with van der Waals surface area (Å²) in [7, 11) is 3.09. The van der Waals surface area contributed by atoms with Crippen LogP contribution in [0.5, 0.6) is 0 Å². The standard InChI is InChI=1S/C25H27FN4O4/c1-24(2,13-33-3)21-19(15-10-25(11-15,34-4)23(31)32)20-18(9-14-12-27-29-22(14)28-20)30(21)17-7-5-16(26)6-8-17/h5-9,12,15H,10-11,13H2,1-4H3,(H,31,32)(H,27,28,29)/t15-,25+. The number of aromatic nitrogens is 4. The Hall–Kier alpha value is -3.30. The van der Waals surface area contributed by atoms with Crippen LogP contribution < -0.4 is 0 Å². The summed E-state index contributed by atoms with van der Waals surface area (Å²) in [6.45, 7) is 4.60. The van der Waals surface area contributed by atoms with E-state index in [1.54, 1.807) is 25.4 Å². The van der Waals surface area contributed by atoms with Crippen LogP contribution in [0, 0.1) is 5.82 Å². The molecular formula is C25H27FN4O4. The van der Waals surface area contributed by atoms with Gasteiger partial charge in [-0.1, -0.05) is 13.8 Å². The van der Waals surface area contributed by atoms with Gasteiger partial charge in [0.15, 0.2) is 11.2 Å². The molecule has 178 valence electrons. The third-order valence-electron chi connectivity index (χ3n) is 6.95. The van der Waals surface area contributed by atoms with E-state index in [-0.39, 0.29) is 11.7 Å². The summed E-state index contributed by atoms with van der Waals surface area (Å²) in [5.74, 6) is -1.37. The van der Waals surface area contributed by atoms with Gasteiger partial charge in [-0.3, -0.25) is 5.10 Å². The van der Waals surface area contributed by atoms with E-state index in [4.69, 9.17) is 14.5 Å². The third kappa shape index (κ3) is 3.30. The van der Waals surface area contributed by atoms with E-state index >= 15 is 0 Å². The monoisotopic (exact) mass is 466 g/mol. The van der Waals surface area contributed by atoms with Gasteiger partial charge >= 0.3 is 5.97 Å². The number of carboxylic acid groups (broad SMARTS) is 1. The summed E-state index contributed by atoms with van der Waals surface area (Å²) < 4.78 is 26.9. The van der Waals surface area contributed by atoms with Gasteiger partial charge in [0.05, 0.1) is 23.8 Å². The van der Waals surface area contributed by atoms with E-state index in [9.17, 15) is 14.3 Å². The molecule has 2 N–H and O–H groups in total. The molecule has 1 aromatic carbocycles. The second kappa shape index (κ2) is 7.89. The summed E-state index contributed by atoms with van der Waals surface area (Å²) in [4.78, 5) is 16.9. The first kappa shape index (κ1) is 22.5. The Kier molecular flexibility index (Phi) is 5.22. The first-order chi connectivity index (χ1) is 16.2. The van der Waals surface area contributed by atoms with E-state index in [1.807, 2.05) is 6.07 Å². The number of halogens is 1. The van der Waals surface area contributed by atoms with E-state index in [1.165, 1.54) is 19.2 Å². The lowest BCUT2D eigenvalue weighted by molar-refractivity contribution is -0.175. The molecule has 4 aromatic rings. The van der Waals surface area contributed by atoms with E-state index in [0.29, 0.717) is 25.1 Å². The first-order valence-corrected chi connectivity index (χ1v) is 11.1. The molecule has 34 heavy (non-hydrogen) atoms. The molecule has 1 saturated carbocycles. The van der Waals surface area contributed by atoms with Crippen molar-refractivity contribution in [2.45, 2.75) is 43.6 Å². The smallest absolute Gasteiger partial charge is 0.335 e. The van der Waals surface area contributed by atoms with Crippen molar-refractivity contribution in [2.24, 2.45) is 0 Å². The Morgan fingerprint density at radius 2 is 2.00 bits per heavy atom. The van der Waals surface area contributed by atoms with Crippen LogP contribution in [0.25, 0.3) is 27.8 Å². The van der Waals surface area contributed by atoms with E-state index in [0.717, 1.165) is 33.4 Å². The minimum absolute atomic E-state index is 0.0840. The lowest BCUT2D eigenvalue weighted by Gasteiger charge is -2.44. The van der Waals surface area contributed by atoms with Crippen molar-refractivity contribution in [1.29, 1.82) is 0 Å². The number of aliphatic carboxylic acids is 1. The lowest BCUT2D eigenvalue weighted by Crippen LogP contribution is -2.51. The van der Waals surface area contributed by atoms with Crippen LogP contribution in [-0.4, -0.2) is 57.3 Å². The number of ether oxygens (including phenoxy) is 2. The normalized spacial score (nSPS) is 20.7. The maximum atomic E-state index is 13.8. The second-order valence-corrected chi connectivity index (χ2v) is 9.66. The summed E-state index contributed by atoms with van der Waals surface area (Å²) in [5, 5.41) is 17.7. The number of hydrogen-bond acceptors (Lipinski definition) is 5. The van der Waals surface area contributed by atoms with E-state index in [2.05, 4.69) is 28.6 Å². The zero-order chi connectivity index (χ0) is 24.3. The Labute approximate surface area is 195 Å². The van der Waals surface area contributed by atoms with Gasteiger partial charge in [0, 0.05) is 42.0 Å². The molecule has 0 radical (unpaired) electrons. The van der Waals surface area contributed by atoms with Crippen LogP contribution in [0.1, 0.15) is 43.9 Å². The molecule has 0 atom stereocenters. The van der Waals surface area contributed by atoms with Crippen molar-refractivity contribution in [3.05, 3.63) is 53.6 Å². The number of nitrogens with zero attached hydrogens (tertiary/aromatic N) is 3. The fourth-order valence-corrected chi connectivity index (χ4v) is 5.30. The molecule has 3 heterocycles. The molecule has 1 aliphatic rings. The van der Waals surface area contributed by atoms with Crippen LogP contribution in [0.15, 0.2) is 36.5 Å². The number of carboxylic acids is 1. The van der Waals surface area contributed by atoms with Crippen LogP contribution in [0.3, 0.4) is 0 Å². The first-order valence-electron chi connectivity index (χ1n) is 11.1. The number of hydrogen-bond donors (Lipinski definition) is 2. The van der Waals surface area contributed by atoms with Gasteiger partial charge < -0.3 is 19.1 Å². The fourth-order valence-electron chi connectivity index (χ4n) is 5.30. The Morgan fingerprint density at radius 1 is 1.29 bits per heavy atom. The van der Waals surface area contributed by atoms with Crippen molar-refractivity contribution < 1.29 is 23.8 Å². The third-order valence-corrected chi connectivity index (χ3v) is 6.95. The summed E-state index contributed by atoms with van der Waals surface area (Å²) in [5.41, 5.74) is 3.31. The van der Waals surface area contributed by atoms with Gasteiger partial charge in [-0.15, -0.1) is 0 Å². The maximum Gasteiger partial charge on any atom is 0.335 e. The minimum Gasteiger partial charge on any atom is -0.479 e. The Morgan fingerprint density at radius 3 is 2.62 bits per heavy atom. The molecule has 0 spiro atoms. The van der Waals surface area contributed by atoms with Gasteiger partial charge in [0.2, 0.25) is 0 Å². The van der Waals surface area contributed by atoms with Gasteiger partial charge in [0.1, 0.15) is 5.82 Å². The highest BCUT2D eigenvalue weighted by atomic mass is 19.1. The number of fused-ring (bicyclic) bond motifs is 2. The fraction of sp³-hybridized carbons (Fsp3) is 0.400. The SMILES string of the molecule is COCC(C)(C)c1c([C@H]2C[C@](OC)(C(=O)O)C2)c2nc3[nH]ncc3cc2n1-c1ccc(F)cc1. The highest BCUT2D eigenvalue weighted by molar-refractivity contribution is 5.94. The molecule has 0 saturated heterocycles. The maximum absolute atomic E-state index is 13.8. The number of carbonyl (C=O) groups is 1. The predicted molar refractivity (Wildman–Crippen MR) is 125 cm³/mol. The zero-order valence-electron chi connectivity index (χ0n) is 19.6. The molecular weight excluding hydrogens is 439 g/mol. The average Bonchev–Trinajstić information content (AvgIpc) is 3.35. The summed E-state index contributed by atoms with van der Waals surface area (Å²) in [6, 6.07) is 8.35. The van der Waals surface area contributed by atoms with Crippen LogP contribution in [-0.2, 0) is 19.7 Å². The van der Waals surface area contributed by atoms with Gasteiger partial charge in [-0.05, 0) is 49.1 Å². The molecule has 3 aromatic heterocycles. The number of methoxy groups -OCH3 is 2. The number of benzene rings is 1. The van der Waals surface area contributed by atoms with Crippen LogP contribution in [0.2, 0.25) is 0 Å². The number of nitrogens with one attached hydrogen (secondary N) is 1. The molecule has 8 nitrogen and oxygen atoms in total. The van der Waals surface area contributed by atoms with Crippen molar-refractivity contribution in [3.63, 3.8) is 0 Å². The van der Waals surface area contributed by atoms with Crippen LogP contribution in [0.4, 0.5) is 4.39 Å². The molecule has 0 aliphatic heterocycles. The topological polar surface area (TPSA) is 102 Å². The molecule has 1 fully saturated rings. The largest absolute Gasteiger partial charge is 0.479 e. The molecule has 0 unspecified atom stereocenters. The highest BCUT2D eigenvalue weighted by Gasteiger charge is 2.53. The van der Waals surface area contributed by atoms with Crippen molar-refractivity contribution in [3.8, 4) is 5.69 Å². The molecule has 5 rings (SSSR count). The second-order valence-electron chi connectivity index (χ2n) is 9.66. The number of pyridine rings is 1. The molecule has 9 heteroatoms. The van der Waals surface area contributed by atoms with Crippen molar-refractivity contribution >= 4 is 28.0 Å². The van der Waals surface area contributed by atoms with Gasteiger partial charge in [-0.2, -0.15) is 5.10 Å². The summed E-state index contributed by atoms with van der Waals surface area (Å²) >= 11 is 0. The lowest BCUT2D eigenvalue weighted by atomic mass is 9.66.